The summed E-state index contributed by atoms with van der Waals surface area (Å²) in [4.78, 5) is 30.0. The monoisotopic (exact) mass is 422 g/mol. The predicted molar refractivity (Wildman–Crippen MR) is 120 cm³/mol. The van der Waals surface area contributed by atoms with Crippen molar-refractivity contribution < 1.29 is 19.4 Å². The molecule has 0 saturated carbocycles. The number of carboxylic acid groups (broad SMARTS) is 1. The second-order valence-electron chi connectivity index (χ2n) is 8.88. The fraction of sp³-hybridized carbons (Fsp3) is 0.400. The quantitative estimate of drug-likeness (QED) is 0.741. The van der Waals surface area contributed by atoms with Crippen molar-refractivity contribution in [2.45, 2.75) is 52.1 Å². The molecule has 6 nitrogen and oxygen atoms in total. The molecule has 1 unspecified atom stereocenters. The molecule has 1 saturated heterocycles. The molecule has 3 rings (SSSR count). The van der Waals surface area contributed by atoms with Gasteiger partial charge in [0.1, 0.15) is 5.60 Å². The molecule has 2 heterocycles. The SMILES string of the molecule is CC(C(=O)O)c1cncc(C(=C2CCN(C(=O)OC(C)(C)C)CC2)c2ccccc2)c1. The van der Waals surface area contributed by atoms with Gasteiger partial charge in [0, 0.05) is 31.0 Å². The molecule has 6 heteroatoms. The fourth-order valence-corrected chi connectivity index (χ4v) is 3.69. The summed E-state index contributed by atoms with van der Waals surface area (Å²) in [6.07, 6.45) is 4.56. The van der Waals surface area contributed by atoms with Crippen LogP contribution in [0.2, 0.25) is 0 Å². The van der Waals surface area contributed by atoms with Crippen LogP contribution in [-0.2, 0) is 9.53 Å². The van der Waals surface area contributed by atoms with Crippen LogP contribution in [0.3, 0.4) is 0 Å². The first-order chi connectivity index (χ1) is 14.7. The molecule has 0 bridgehead atoms. The zero-order valence-electron chi connectivity index (χ0n) is 18.6. The summed E-state index contributed by atoms with van der Waals surface area (Å²) in [5.74, 6) is -1.51. The van der Waals surface area contributed by atoms with Gasteiger partial charge >= 0.3 is 12.1 Å². The minimum Gasteiger partial charge on any atom is -0.481 e. The Labute approximate surface area is 183 Å². The normalized spacial score (nSPS) is 15.4. The van der Waals surface area contributed by atoms with E-state index in [2.05, 4.69) is 17.1 Å². The number of hydrogen-bond donors (Lipinski definition) is 1. The second kappa shape index (κ2) is 9.33. The number of pyridine rings is 1. The largest absolute Gasteiger partial charge is 0.481 e. The maximum absolute atomic E-state index is 12.4. The van der Waals surface area contributed by atoms with E-state index in [-0.39, 0.29) is 6.09 Å². The molecule has 2 aromatic rings. The Kier molecular flexibility index (Phi) is 6.78. The maximum Gasteiger partial charge on any atom is 0.410 e. The number of carbonyl (C=O) groups excluding carboxylic acids is 1. The lowest BCUT2D eigenvalue weighted by Gasteiger charge is -2.32. The Bertz CT molecular complexity index is 967. The third kappa shape index (κ3) is 5.72. The van der Waals surface area contributed by atoms with Gasteiger partial charge in [-0.2, -0.15) is 0 Å². The smallest absolute Gasteiger partial charge is 0.410 e. The van der Waals surface area contributed by atoms with E-state index in [4.69, 9.17) is 4.74 Å². The molecule has 1 N–H and O–H groups in total. The van der Waals surface area contributed by atoms with Crippen LogP contribution >= 0.6 is 0 Å². The maximum atomic E-state index is 12.4. The number of piperidine rings is 1. The summed E-state index contributed by atoms with van der Waals surface area (Å²) >= 11 is 0. The Morgan fingerprint density at radius 1 is 1.06 bits per heavy atom. The van der Waals surface area contributed by atoms with Crippen molar-refractivity contribution in [3.8, 4) is 0 Å². The van der Waals surface area contributed by atoms with E-state index in [0.717, 1.165) is 29.5 Å². The Balaban J connectivity index is 1.93. The number of amides is 1. The van der Waals surface area contributed by atoms with Crippen LogP contribution in [-0.4, -0.2) is 45.7 Å². The van der Waals surface area contributed by atoms with Crippen LogP contribution in [0.25, 0.3) is 5.57 Å². The minimum atomic E-state index is -0.876. The summed E-state index contributed by atoms with van der Waals surface area (Å²) in [6.45, 7) is 8.43. The van der Waals surface area contributed by atoms with Crippen molar-refractivity contribution >= 4 is 17.6 Å². The molecule has 1 aromatic heterocycles. The highest BCUT2D eigenvalue weighted by atomic mass is 16.6. The van der Waals surface area contributed by atoms with Crippen LogP contribution in [0, 0.1) is 0 Å². The standard InChI is InChI=1S/C25H30N2O4/c1-17(23(28)29)20-14-21(16-26-15-20)22(18-8-6-5-7-9-18)19-10-12-27(13-11-19)24(30)31-25(2,3)4/h5-9,14-17H,10-13H2,1-4H3,(H,28,29). The van der Waals surface area contributed by atoms with E-state index < -0.39 is 17.5 Å². The first-order valence-corrected chi connectivity index (χ1v) is 10.6. The van der Waals surface area contributed by atoms with Crippen molar-refractivity contribution in [3.05, 3.63) is 71.1 Å². The zero-order valence-corrected chi connectivity index (χ0v) is 18.6. The molecule has 1 fully saturated rings. The molecule has 31 heavy (non-hydrogen) atoms. The van der Waals surface area contributed by atoms with Crippen LogP contribution in [0.5, 0.6) is 0 Å². The third-order valence-electron chi connectivity index (χ3n) is 5.35. The summed E-state index contributed by atoms with van der Waals surface area (Å²) in [5, 5.41) is 9.40. The lowest BCUT2D eigenvalue weighted by atomic mass is 9.88. The van der Waals surface area contributed by atoms with E-state index in [9.17, 15) is 14.7 Å². The summed E-state index contributed by atoms with van der Waals surface area (Å²) in [6, 6.07) is 12.0. The molecule has 1 aliphatic rings. The number of likely N-dealkylation sites (tertiary alicyclic amines) is 1. The summed E-state index contributed by atoms with van der Waals surface area (Å²) in [7, 11) is 0. The molecule has 1 aromatic carbocycles. The number of nitrogens with zero attached hydrogens (tertiary/aromatic N) is 2. The van der Waals surface area contributed by atoms with E-state index in [1.54, 1.807) is 24.2 Å². The van der Waals surface area contributed by atoms with E-state index in [1.165, 1.54) is 5.57 Å². The number of ether oxygens (including phenoxy) is 1. The predicted octanol–water partition coefficient (Wildman–Crippen LogP) is 5.10. The van der Waals surface area contributed by atoms with E-state index >= 15 is 0 Å². The van der Waals surface area contributed by atoms with Crippen molar-refractivity contribution in [1.82, 2.24) is 9.88 Å². The first kappa shape index (κ1) is 22.5. The van der Waals surface area contributed by atoms with Crippen molar-refractivity contribution in [2.24, 2.45) is 0 Å². The summed E-state index contributed by atoms with van der Waals surface area (Å²) < 4.78 is 5.51. The van der Waals surface area contributed by atoms with Crippen molar-refractivity contribution in [1.29, 1.82) is 0 Å². The van der Waals surface area contributed by atoms with Crippen LogP contribution in [0.15, 0.2) is 54.4 Å². The number of carbonyl (C=O) groups is 2. The Morgan fingerprint density at radius 2 is 1.71 bits per heavy atom. The first-order valence-electron chi connectivity index (χ1n) is 10.6. The highest BCUT2D eigenvalue weighted by Crippen LogP contribution is 2.33. The van der Waals surface area contributed by atoms with Gasteiger partial charge in [0.15, 0.2) is 0 Å². The molecule has 0 spiro atoms. The average Bonchev–Trinajstić information content (AvgIpc) is 2.73. The van der Waals surface area contributed by atoms with Gasteiger partial charge in [0.25, 0.3) is 0 Å². The third-order valence-corrected chi connectivity index (χ3v) is 5.35. The molecule has 1 atom stereocenters. The Hall–Kier alpha value is -3.15. The van der Waals surface area contributed by atoms with Crippen LogP contribution in [0.4, 0.5) is 4.79 Å². The van der Waals surface area contributed by atoms with Crippen LogP contribution < -0.4 is 0 Å². The number of rotatable bonds is 4. The van der Waals surface area contributed by atoms with E-state index in [1.807, 2.05) is 45.0 Å². The molecule has 1 aliphatic heterocycles. The van der Waals surface area contributed by atoms with Gasteiger partial charge in [0.05, 0.1) is 5.92 Å². The molecular formula is C25H30N2O4. The van der Waals surface area contributed by atoms with Crippen LogP contribution in [0.1, 0.15) is 63.1 Å². The number of carboxylic acids is 1. The number of hydrogen-bond acceptors (Lipinski definition) is 4. The average molecular weight is 423 g/mol. The lowest BCUT2D eigenvalue weighted by Crippen LogP contribution is -2.40. The van der Waals surface area contributed by atoms with Crippen molar-refractivity contribution in [2.75, 3.05) is 13.1 Å². The molecule has 0 aliphatic carbocycles. The Morgan fingerprint density at radius 3 is 2.29 bits per heavy atom. The molecule has 1 amide bonds. The number of benzene rings is 1. The van der Waals surface area contributed by atoms with E-state index in [0.29, 0.717) is 18.7 Å². The topological polar surface area (TPSA) is 79.7 Å². The van der Waals surface area contributed by atoms with Crippen molar-refractivity contribution in [3.63, 3.8) is 0 Å². The minimum absolute atomic E-state index is 0.285. The zero-order chi connectivity index (χ0) is 22.6. The van der Waals surface area contributed by atoms with Gasteiger partial charge in [-0.1, -0.05) is 35.9 Å². The highest BCUT2D eigenvalue weighted by molar-refractivity contribution is 5.83. The molecule has 164 valence electrons. The summed E-state index contributed by atoms with van der Waals surface area (Å²) in [5.41, 5.74) is 4.41. The lowest BCUT2D eigenvalue weighted by molar-refractivity contribution is -0.138. The fourth-order valence-electron chi connectivity index (χ4n) is 3.69. The highest BCUT2D eigenvalue weighted by Gasteiger charge is 2.26. The van der Waals surface area contributed by atoms with Gasteiger partial charge < -0.3 is 14.7 Å². The second-order valence-corrected chi connectivity index (χ2v) is 8.88. The van der Waals surface area contributed by atoms with Gasteiger partial charge in [-0.25, -0.2) is 4.79 Å². The number of aromatic nitrogens is 1. The van der Waals surface area contributed by atoms with Gasteiger partial charge in [-0.15, -0.1) is 0 Å². The molecule has 0 radical (unpaired) electrons. The number of aliphatic carboxylic acids is 1. The van der Waals surface area contributed by atoms with Gasteiger partial charge in [-0.3, -0.25) is 9.78 Å². The van der Waals surface area contributed by atoms with Gasteiger partial charge in [0.2, 0.25) is 0 Å². The van der Waals surface area contributed by atoms with Gasteiger partial charge in [-0.05, 0) is 63.3 Å². The molecular weight excluding hydrogens is 392 g/mol.